The second-order valence-corrected chi connectivity index (χ2v) is 10.1. The number of hydrogen-bond acceptors (Lipinski definition) is 8. The van der Waals surface area contributed by atoms with Crippen LogP contribution >= 0.6 is 19.2 Å². The van der Waals surface area contributed by atoms with E-state index >= 15 is 4.39 Å². The molecule has 38 heavy (non-hydrogen) atoms. The van der Waals surface area contributed by atoms with E-state index in [4.69, 9.17) is 11.6 Å². The molecule has 4 aromatic rings. The smallest absolute Gasteiger partial charge is 0.374 e. The average molecular weight is 564 g/mol. The van der Waals surface area contributed by atoms with Gasteiger partial charge in [-0.25, -0.2) is 23.7 Å². The quantitative estimate of drug-likeness (QED) is 0.195. The van der Waals surface area contributed by atoms with Crippen LogP contribution in [0.2, 0.25) is 5.02 Å². The fourth-order valence-electron chi connectivity index (χ4n) is 3.84. The van der Waals surface area contributed by atoms with E-state index in [0.717, 1.165) is 6.20 Å². The number of aryl methyl sites for hydroxylation is 2. The summed E-state index contributed by atoms with van der Waals surface area (Å²) >= 11 is 6.53. The van der Waals surface area contributed by atoms with Gasteiger partial charge in [-0.3, -0.25) is 4.57 Å². The second kappa shape index (κ2) is 11.4. The molecule has 0 saturated carbocycles. The first kappa shape index (κ1) is 30.7. The van der Waals surface area contributed by atoms with Gasteiger partial charge in [-0.05, 0) is 50.6 Å². The lowest BCUT2D eigenvalue weighted by molar-refractivity contribution is 0.386. The maximum absolute atomic E-state index is 15.1. The van der Waals surface area contributed by atoms with Crippen LogP contribution in [0.5, 0.6) is 0 Å². The van der Waals surface area contributed by atoms with Crippen LogP contribution in [0.4, 0.5) is 14.5 Å². The number of hydrogen-bond donors (Lipinski definition) is 5. The number of nitrogens with one attached hydrogen (secondary N) is 1. The molecule has 3 heterocycles. The first-order valence-electron chi connectivity index (χ1n) is 10.6. The van der Waals surface area contributed by atoms with E-state index in [0.29, 0.717) is 5.69 Å². The van der Waals surface area contributed by atoms with E-state index in [1.54, 1.807) is 13.8 Å². The van der Waals surface area contributed by atoms with Gasteiger partial charge < -0.3 is 27.4 Å². The molecule has 9 N–H and O–H groups in total. The Morgan fingerprint density at radius 3 is 2.39 bits per heavy atom. The number of anilines is 1. The van der Waals surface area contributed by atoms with Gasteiger partial charge in [0.2, 0.25) is 0 Å². The Labute approximate surface area is 222 Å². The summed E-state index contributed by atoms with van der Waals surface area (Å²) in [5, 5.41) is 12.5. The minimum Gasteiger partial charge on any atom is -0.375 e. The fraction of sp³-hybridized carbons (Fsp3) is 0.167. The number of pyridine rings is 3. The second-order valence-electron chi connectivity index (χ2n) is 8.20. The highest BCUT2D eigenvalue weighted by atomic mass is 35.5. The topological polar surface area (TPSA) is 202 Å². The number of nitrogens with zero attached hydrogens (tertiary/aromatic N) is 4. The predicted molar refractivity (Wildman–Crippen MR) is 142 cm³/mol. The largest absolute Gasteiger partial charge is 0.375 e. The van der Waals surface area contributed by atoms with E-state index < -0.39 is 30.7 Å². The highest BCUT2D eigenvalue weighted by Gasteiger charge is 2.24. The molecule has 0 aliphatic heterocycles. The van der Waals surface area contributed by atoms with E-state index in [9.17, 15) is 24.0 Å². The Morgan fingerprint density at radius 2 is 1.79 bits per heavy atom. The highest BCUT2D eigenvalue weighted by molar-refractivity contribution is 7.60. The molecule has 0 unspecified atom stereocenters. The van der Waals surface area contributed by atoms with Crippen molar-refractivity contribution >= 4 is 41.4 Å². The number of aromatic nitrogens is 3. The van der Waals surface area contributed by atoms with E-state index in [2.05, 4.69) is 20.3 Å². The maximum atomic E-state index is 15.1. The number of benzene rings is 1. The first-order chi connectivity index (χ1) is 16.9. The van der Waals surface area contributed by atoms with Crippen molar-refractivity contribution in [2.24, 2.45) is 0 Å². The third-order valence-corrected chi connectivity index (χ3v) is 7.05. The van der Waals surface area contributed by atoms with Crippen LogP contribution in [0.1, 0.15) is 35.3 Å². The van der Waals surface area contributed by atoms with Crippen LogP contribution in [0.3, 0.4) is 0 Å². The van der Waals surface area contributed by atoms with E-state index in [1.807, 2.05) is 6.07 Å². The van der Waals surface area contributed by atoms with Gasteiger partial charge in [0.05, 0.1) is 39.6 Å². The molecule has 0 aliphatic rings. The van der Waals surface area contributed by atoms with Crippen LogP contribution in [0.25, 0.3) is 22.3 Å². The SMILES string of the molecule is Cc1cc(-c2nc3c(N[C@H](C)c4cc(C#N)ccc4F)c(Cl)c(C)nc3cc2F)cnc1P(=O)(O)O.N.N. The Balaban J connectivity index is 0.00000253. The van der Waals surface area contributed by atoms with Crippen LogP contribution < -0.4 is 23.1 Å². The van der Waals surface area contributed by atoms with Crippen LogP contribution in [-0.2, 0) is 4.57 Å². The summed E-state index contributed by atoms with van der Waals surface area (Å²) in [5.74, 6) is -1.25. The lowest BCUT2D eigenvalue weighted by Crippen LogP contribution is -2.13. The highest BCUT2D eigenvalue weighted by Crippen LogP contribution is 2.37. The zero-order valence-corrected chi connectivity index (χ0v) is 22.3. The molecule has 0 amide bonds. The predicted octanol–water partition coefficient (Wildman–Crippen LogP) is 5.41. The molecule has 0 radical (unpaired) electrons. The van der Waals surface area contributed by atoms with E-state index in [1.165, 1.54) is 37.3 Å². The number of nitriles is 1. The first-order valence-corrected chi connectivity index (χ1v) is 12.5. The van der Waals surface area contributed by atoms with Crippen molar-refractivity contribution in [2.45, 2.75) is 26.8 Å². The molecule has 0 fully saturated rings. The van der Waals surface area contributed by atoms with Gasteiger partial charge in [0.15, 0.2) is 11.3 Å². The third kappa shape index (κ3) is 5.79. The van der Waals surface area contributed by atoms with Crippen molar-refractivity contribution in [3.63, 3.8) is 0 Å². The van der Waals surface area contributed by atoms with Gasteiger partial charge in [0.25, 0.3) is 0 Å². The van der Waals surface area contributed by atoms with Gasteiger partial charge in [0.1, 0.15) is 17.0 Å². The molecular formula is C24H25ClF2N7O3P. The number of rotatable bonds is 5. The summed E-state index contributed by atoms with van der Waals surface area (Å²) in [6.07, 6.45) is 1.13. The van der Waals surface area contributed by atoms with Crippen LogP contribution in [0.15, 0.2) is 36.5 Å². The van der Waals surface area contributed by atoms with Crippen molar-refractivity contribution < 1.29 is 23.1 Å². The molecule has 0 aliphatic carbocycles. The molecule has 0 saturated heterocycles. The van der Waals surface area contributed by atoms with Crippen molar-refractivity contribution in [2.75, 3.05) is 5.32 Å². The lowest BCUT2D eigenvalue weighted by atomic mass is 10.0. The van der Waals surface area contributed by atoms with Crippen LogP contribution in [-0.4, -0.2) is 24.7 Å². The minimum absolute atomic E-state index is 0. The molecule has 3 aromatic heterocycles. The fourth-order valence-corrected chi connectivity index (χ4v) is 4.76. The maximum Gasteiger partial charge on any atom is 0.374 e. The molecular weight excluding hydrogens is 539 g/mol. The molecule has 14 heteroatoms. The van der Waals surface area contributed by atoms with Crippen LogP contribution in [0, 0.1) is 36.8 Å². The molecule has 1 aromatic carbocycles. The Hall–Kier alpha value is -3.56. The monoisotopic (exact) mass is 563 g/mol. The lowest BCUT2D eigenvalue weighted by Gasteiger charge is -2.20. The van der Waals surface area contributed by atoms with Gasteiger partial charge >= 0.3 is 7.60 Å². The standard InChI is InChI=1S/C24H19ClF2N5O3P.2H3N/c1-11-6-15(10-29-24(11)36(33,34)35)21-18(27)8-19-22(32-21)23(20(25)13(3)30-19)31-12(2)16-7-14(9-28)4-5-17(16)26;;/h4-8,10,12H,1-3H3,(H,30,31)(H2,33,34,35);2*1H3/t12-;;/m1../s1. The zero-order valence-electron chi connectivity index (χ0n) is 20.6. The molecule has 200 valence electrons. The molecule has 1 atom stereocenters. The van der Waals surface area contributed by atoms with Gasteiger partial charge in [-0.1, -0.05) is 11.6 Å². The summed E-state index contributed by atoms with van der Waals surface area (Å²) in [6.45, 7) is 4.76. The zero-order chi connectivity index (χ0) is 26.4. The normalized spacial score (nSPS) is 11.8. The molecule has 10 nitrogen and oxygen atoms in total. The molecule has 4 rings (SSSR count). The minimum atomic E-state index is -4.61. The summed E-state index contributed by atoms with van der Waals surface area (Å²) in [6, 6.07) is 7.86. The summed E-state index contributed by atoms with van der Waals surface area (Å²) in [4.78, 5) is 31.4. The van der Waals surface area contributed by atoms with Gasteiger partial charge in [-0.2, -0.15) is 5.26 Å². The summed E-state index contributed by atoms with van der Waals surface area (Å²) in [5.41, 5.74) is 1.38. The average Bonchev–Trinajstić information content (AvgIpc) is 2.81. The Kier molecular flexibility index (Phi) is 9.24. The summed E-state index contributed by atoms with van der Waals surface area (Å²) in [7, 11) is -4.61. The van der Waals surface area contributed by atoms with Crippen molar-refractivity contribution in [3.8, 4) is 17.3 Å². The molecule has 0 bridgehead atoms. The third-order valence-electron chi connectivity index (χ3n) is 5.57. The summed E-state index contributed by atoms with van der Waals surface area (Å²) < 4.78 is 41.2. The number of halogens is 3. The molecule has 0 spiro atoms. The van der Waals surface area contributed by atoms with E-state index in [-0.39, 0.29) is 62.0 Å². The number of fused-ring (bicyclic) bond motifs is 1. The van der Waals surface area contributed by atoms with Gasteiger partial charge in [-0.15, -0.1) is 0 Å². The Bertz CT molecular complexity index is 1630. The van der Waals surface area contributed by atoms with Gasteiger partial charge in [0, 0.05) is 23.4 Å². The Morgan fingerprint density at radius 1 is 1.11 bits per heavy atom. The van der Waals surface area contributed by atoms with Crippen molar-refractivity contribution in [1.29, 1.82) is 5.26 Å². The van der Waals surface area contributed by atoms with Crippen molar-refractivity contribution in [3.05, 3.63) is 75.6 Å². The van der Waals surface area contributed by atoms with Crippen molar-refractivity contribution in [1.82, 2.24) is 27.3 Å².